The average molecular weight is 323 g/mol. The van der Waals surface area contributed by atoms with Crippen molar-refractivity contribution in [3.05, 3.63) is 54.6 Å². The predicted octanol–water partition coefficient (Wildman–Crippen LogP) is 3.00. The van der Waals surface area contributed by atoms with Crippen LogP contribution in [0.5, 0.6) is 0 Å². The Kier molecular flexibility index (Phi) is 5.23. The van der Waals surface area contributed by atoms with Gasteiger partial charge in [-0.2, -0.15) is 5.10 Å². The van der Waals surface area contributed by atoms with Gasteiger partial charge >= 0.3 is 0 Å². The molecule has 0 radical (unpaired) electrons. The number of anilines is 1. The molecular formula is C19H21N3O2. The summed E-state index contributed by atoms with van der Waals surface area (Å²) in [6, 6.07) is 18.2. The van der Waals surface area contributed by atoms with E-state index in [1.807, 2.05) is 47.4 Å². The second-order valence-corrected chi connectivity index (χ2v) is 5.65. The molecule has 0 bridgehead atoms. The maximum Gasteiger partial charge on any atom is 0.196 e. The molecule has 1 heterocycles. The van der Waals surface area contributed by atoms with Crippen molar-refractivity contribution in [2.24, 2.45) is 5.10 Å². The van der Waals surface area contributed by atoms with Crippen LogP contribution in [0.2, 0.25) is 0 Å². The van der Waals surface area contributed by atoms with Crippen molar-refractivity contribution in [1.29, 1.82) is 0 Å². The minimum Gasteiger partial charge on any atom is -0.378 e. The van der Waals surface area contributed by atoms with Crippen molar-refractivity contribution in [3.63, 3.8) is 0 Å². The molecule has 0 atom stereocenters. The first-order valence-corrected chi connectivity index (χ1v) is 8.07. The number of carbonyl (C=O) groups excluding carboxylic acids is 1. The van der Waals surface area contributed by atoms with Gasteiger partial charge in [0.15, 0.2) is 11.6 Å². The lowest BCUT2D eigenvalue weighted by molar-refractivity contribution is -0.112. The lowest BCUT2D eigenvalue weighted by Gasteiger charge is -2.28. The van der Waals surface area contributed by atoms with Gasteiger partial charge in [-0.05, 0) is 23.3 Å². The van der Waals surface area contributed by atoms with Crippen LogP contribution in [0.3, 0.4) is 0 Å². The van der Waals surface area contributed by atoms with Crippen LogP contribution >= 0.6 is 0 Å². The number of nitrogens with zero attached hydrogens (tertiary/aromatic N) is 2. The maximum atomic E-state index is 11.9. The largest absolute Gasteiger partial charge is 0.378 e. The van der Waals surface area contributed by atoms with E-state index in [1.54, 1.807) is 0 Å². The summed E-state index contributed by atoms with van der Waals surface area (Å²) in [5.41, 5.74) is 6.15. The summed E-state index contributed by atoms with van der Waals surface area (Å²) < 4.78 is 5.32. The molecule has 2 aromatic rings. The van der Waals surface area contributed by atoms with Crippen LogP contribution in [-0.4, -0.2) is 42.8 Å². The Balaban J connectivity index is 1.71. The van der Waals surface area contributed by atoms with Gasteiger partial charge in [0.05, 0.1) is 18.9 Å². The van der Waals surface area contributed by atoms with Gasteiger partial charge in [-0.25, -0.2) is 0 Å². The number of hydrogen-bond acceptors (Lipinski definition) is 4. The number of hydrazone groups is 1. The SMILES string of the molecule is CC(=O)C(=NNc1ccc(-c2ccccc2)cc1)N1CCOCC1. The van der Waals surface area contributed by atoms with Gasteiger partial charge in [0.2, 0.25) is 0 Å². The molecule has 24 heavy (non-hydrogen) atoms. The number of carbonyl (C=O) groups is 1. The molecule has 0 spiro atoms. The summed E-state index contributed by atoms with van der Waals surface area (Å²) in [5, 5.41) is 4.31. The molecule has 0 aliphatic carbocycles. The number of morpholine rings is 1. The van der Waals surface area contributed by atoms with Gasteiger partial charge in [0.1, 0.15) is 0 Å². The summed E-state index contributed by atoms with van der Waals surface area (Å²) >= 11 is 0. The Hall–Kier alpha value is -2.66. The highest BCUT2D eigenvalue weighted by Gasteiger charge is 2.18. The number of ether oxygens (including phenoxy) is 1. The fourth-order valence-electron chi connectivity index (χ4n) is 2.63. The fraction of sp³-hybridized carbons (Fsp3) is 0.263. The van der Waals surface area contributed by atoms with Gasteiger partial charge in [-0.15, -0.1) is 0 Å². The van der Waals surface area contributed by atoms with Gasteiger partial charge < -0.3 is 9.64 Å². The number of rotatable bonds is 4. The van der Waals surface area contributed by atoms with E-state index in [9.17, 15) is 4.79 Å². The highest BCUT2D eigenvalue weighted by Crippen LogP contribution is 2.21. The van der Waals surface area contributed by atoms with Crippen molar-refractivity contribution in [3.8, 4) is 11.1 Å². The first-order chi connectivity index (χ1) is 11.7. The van der Waals surface area contributed by atoms with Crippen LogP contribution in [0.25, 0.3) is 11.1 Å². The Bertz CT molecular complexity index is 705. The Morgan fingerprint density at radius 3 is 2.25 bits per heavy atom. The summed E-state index contributed by atoms with van der Waals surface area (Å²) in [5.74, 6) is 0.399. The monoisotopic (exact) mass is 323 g/mol. The number of amidine groups is 1. The van der Waals surface area contributed by atoms with Gasteiger partial charge in [-0.3, -0.25) is 10.2 Å². The molecule has 0 saturated carbocycles. The number of nitrogens with one attached hydrogen (secondary N) is 1. The van der Waals surface area contributed by atoms with Crippen molar-refractivity contribution < 1.29 is 9.53 Å². The van der Waals surface area contributed by atoms with Crippen molar-refractivity contribution in [2.75, 3.05) is 31.7 Å². The van der Waals surface area contributed by atoms with E-state index in [0.29, 0.717) is 32.1 Å². The van der Waals surface area contributed by atoms with E-state index < -0.39 is 0 Å². The molecule has 0 unspecified atom stereocenters. The van der Waals surface area contributed by atoms with E-state index in [2.05, 4.69) is 22.7 Å². The van der Waals surface area contributed by atoms with E-state index in [0.717, 1.165) is 11.3 Å². The summed E-state index contributed by atoms with van der Waals surface area (Å²) in [6.07, 6.45) is 0. The van der Waals surface area contributed by atoms with Crippen molar-refractivity contribution in [2.45, 2.75) is 6.92 Å². The maximum absolute atomic E-state index is 11.9. The van der Waals surface area contributed by atoms with Crippen LogP contribution in [0.15, 0.2) is 59.7 Å². The van der Waals surface area contributed by atoms with Gasteiger partial charge in [0.25, 0.3) is 0 Å². The molecule has 0 amide bonds. The second kappa shape index (κ2) is 7.75. The van der Waals surface area contributed by atoms with Gasteiger partial charge in [-0.1, -0.05) is 42.5 Å². The molecule has 1 aliphatic rings. The van der Waals surface area contributed by atoms with E-state index in [-0.39, 0.29) is 5.78 Å². The summed E-state index contributed by atoms with van der Waals surface area (Å²) in [7, 11) is 0. The quantitative estimate of drug-likeness (QED) is 0.534. The van der Waals surface area contributed by atoms with E-state index in [4.69, 9.17) is 4.74 Å². The third-order valence-corrected chi connectivity index (χ3v) is 3.91. The highest BCUT2D eigenvalue weighted by molar-refractivity contribution is 6.37. The minimum atomic E-state index is -0.0506. The van der Waals surface area contributed by atoms with E-state index in [1.165, 1.54) is 12.5 Å². The smallest absolute Gasteiger partial charge is 0.196 e. The lowest BCUT2D eigenvalue weighted by atomic mass is 10.1. The van der Waals surface area contributed by atoms with Crippen molar-refractivity contribution >= 4 is 17.3 Å². The zero-order valence-electron chi connectivity index (χ0n) is 13.7. The van der Waals surface area contributed by atoms with Crippen LogP contribution in [-0.2, 0) is 9.53 Å². The van der Waals surface area contributed by atoms with E-state index >= 15 is 0 Å². The Morgan fingerprint density at radius 2 is 1.62 bits per heavy atom. The zero-order valence-corrected chi connectivity index (χ0v) is 13.7. The van der Waals surface area contributed by atoms with Gasteiger partial charge in [0, 0.05) is 20.0 Å². The molecular weight excluding hydrogens is 302 g/mol. The molecule has 1 fully saturated rings. The second-order valence-electron chi connectivity index (χ2n) is 5.65. The molecule has 1 saturated heterocycles. The molecule has 124 valence electrons. The number of ketones is 1. The normalized spacial score (nSPS) is 15.2. The zero-order chi connectivity index (χ0) is 16.8. The third kappa shape index (κ3) is 4.00. The standard InChI is InChI=1S/C19H21N3O2/c1-15(23)19(22-11-13-24-14-12-22)21-20-18-9-7-17(8-10-18)16-5-3-2-4-6-16/h2-10,20H,11-14H2,1H3. The topological polar surface area (TPSA) is 53.9 Å². The summed E-state index contributed by atoms with van der Waals surface area (Å²) in [4.78, 5) is 13.8. The Labute approximate surface area is 141 Å². The number of benzene rings is 2. The third-order valence-electron chi connectivity index (χ3n) is 3.91. The molecule has 1 N–H and O–H groups in total. The number of hydrogen-bond donors (Lipinski definition) is 1. The van der Waals surface area contributed by atoms with Crippen LogP contribution < -0.4 is 5.43 Å². The first kappa shape index (κ1) is 16.2. The molecule has 5 heteroatoms. The van der Waals surface area contributed by atoms with Crippen LogP contribution in [0.1, 0.15) is 6.92 Å². The first-order valence-electron chi connectivity index (χ1n) is 8.07. The molecule has 0 aromatic heterocycles. The van der Waals surface area contributed by atoms with Crippen LogP contribution in [0.4, 0.5) is 5.69 Å². The highest BCUT2D eigenvalue weighted by atomic mass is 16.5. The number of Topliss-reactive ketones (excluding diaryl/α,β-unsaturated/α-hetero) is 1. The Morgan fingerprint density at radius 1 is 1.00 bits per heavy atom. The molecule has 1 aliphatic heterocycles. The molecule has 2 aromatic carbocycles. The minimum absolute atomic E-state index is 0.0506. The summed E-state index contributed by atoms with van der Waals surface area (Å²) in [6.45, 7) is 4.16. The van der Waals surface area contributed by atoms with Crippen LogP contribution in [0, 0.1) is 0 Å². The average Bonchev–Trinajstić information content (AvgIpc) is 2.64. The lowest BCUT2D eigenvalue weighted by Crippen LogP contribution is -2.44. The molecule has 3 rings (SSSR count). The predicted molar refractivity (Wildman–Crippen MR) is 96.0 cm³/mol. The van der Waals surface area contributed by atoms with Crippen molar-refractivity contribution in [1.82, 2.24) is 4.90 Å². The molecule has 5 nitrogen and oxygen atoms in total. The fourth-order valence-corrected chi connectivity index (χ4v) is 2.63.